The molecule has 5 N–H and O–H groups in total. The topological polar surface area (TPSA) is 89.3 Å². The van der Waals surface area contributed by atoms with E-state index in [2.05, 4.69) is 0 Å². The van der Waals surface area contributed by atoms with Crippen molar-refractivity contribution in [1.29, 1.82) is 0 Å². The van der Waals surface area contributed by atoms with Crippen LogP contribution in [0.15, 0.2) is 0 Å². The maximum Gasteiger partial charge on any atom is 0.320 e. The molecule has 0 aliphatic carbocycles. The zero-order valence-electron chi connectivity index (χ0n) is 6.79. The van der Waals surface area contributed by atoms with Crippen molar-refractivity contribution in [2.75, 3.05) is 6.54 Å². The van der Waals surface area contributed by atoms with Crippen LogP contribution in [0.4, 0.5) is 0 Å². The molecule has 0 radical (unpaired) electrons. The van der Waals surface area contributed by atoms with Gasteiger partial charge in [-0.3, -0.25) is 4.79 Å². The highest BCUT2D eigenvalue weighted by Gasteiger charge is 2.11. The first kappa shape index (κ1) is 10.4. The number of hydrogen-bond donors (Lipinski definition) is 3. The predicted molar refractivity (Wildman–Crippen MR) is 43.1 cm³/mol. The molecular formula is C7H16N2O2. The molecule has 0 spiro atoms. The summed E-state index contributed by atoms with van der Waals surface area (Å²) in [5.41, 5.74) is 10.6. The molecule has 2 atom stereocenters. The second-order valence-electron chi connectivity index (χ2n) is 2.86. The third-order valence-electron chi connectivity index (χ3n) is 1.69. The molecule has 0 fully saturated rings. The molecule has 0 amide bonds. The van der Waals surface area contributed by atoms with Gasteiger partial charge in [-0.05, 0) is 25.3 Å². The van der Waals surface area contributed by atoms with E-state index in [1.165, 1.54) is 0 Å². The highest BCUT2D eigenvalue weighted by molar-refractivity contribution is 5.72. The van der Waals surface area contributed by atoms with Crippen LogP contribution in [0.2, 0.25) is 0 Å². The number of carboxylic acid groups (broad SMARTS) is 1. The van der Waals surface area contributed by atoms with Crippen LogP contribution in [0.1, 0.15) is 19.8 Å². The third kappa shape index (κ3) is 4.75. The van der Waals surface area contributed by atoms with Crippen molar-refractivity contribution in [1.82, 2.24) is 0 Å². The van der Waals surface area contributed by atoms with Crippen LogP contribution in [-0.4, -0.2) is 23.7 Å². The normalized spacial score (nSPS) is 15.9. The molecule has 4 nitrogen and oxygen atoms in total. The first-order chi connectivity index (χ1) is 5.07. The van der Waals surface area contributed by atoms with E-state index in [1.54, 1.807) is 0 Å². The lowest BCUT2D eigenvalue weighted by molar-refractivity contribution is -0.138. The number of carboxylic acids is 1. The van der Waals surface area contributed by atoms with Crippen LogP contribution in [0.5, 0.6) is 0 Å². The third-order valence-corrected chi connectivity index (χ3v) is 1.69. The maximum atomic E-state index is 10.2. The fourth-order valence-corrected chi connectivity index (χ4v) is 0.705. The first-order valence-electron chi connectivity index (χ1n) is 3.76. The Labute approximate surface area is 66.6 Å². The minimum Gasteiger partial charge on any atom is -0.480 e. The summed E-state index contributed by atoms with van der Waals surface area (Å²) in [5.74, 6) is -0.574. The SMILES string of the molecule is CC(CN)CCC(N)C(=O)O. The minimum absolute atomic E-state index is 0.361. The summed E-state index contributed by atoms with van der Waals surface area (Å²) in [4.78, 5) is 10.2. The van der Waals surface area contributed by atoms with E-state index >= 15 is 0 Å². The number of hydrogen-bond acceptors (Lipinski definition) is 3. The summed E-state index contributed by atoms with van der Waals surface area (Å²) in [6.45, 7) is 2.57. The van der Waals surface area contributed by atoms with E-state index in [4.69, 9.17) is 16.6 Å². The van der Waals surface area contributed by atoms with Crippen LogP contribution < -0.4 is 11.5 Å². The molecule has 0 aliphatic rings. The highest BCUT2D eigenvalue weighted by atomic mass is 16.4. The molecule has 0 aromatic carbocycles. The summed E-state index contributed by atoms with van der Waals surface area (Å²) in [7, 11) is 0. The van der Waals surface area contributed by atoms with Crippen LogP contribution >= 0.6 is 0 Å². The predicted octanol–water partition coefficient (Wildman–Crippen LogP) is -0.227. The zero-order valence-corrected chi connectivity index (χ0v) is 6.79. The molecule has 0 saturated heterocycles. The van der Waals surface area contributed by atoms with Crippen molar-refractivity contribution < 1.29 is 9.90 Å². The lowest BCUT2D eigenvalue weighted by atomic mass is 10.0. The maximum absolute atomic E-state index is 10.2. The minimum atomic E-state index is -0.936. The van der Waals surface area contributed by atoms with Gasteiger partial charge in [0.25, 0.3) is 0 Å². The molecule has 11 heavy (non-hydrogen) atoms. The van der Waals surface area contributed by atoms with Gasteiger partial charge >= 0.3 is 5.97 Å². The van der Waals surface area contributed by atoms with E-state index in [9.17, 15) is 4.79 Å². The lowest BCUT2D eigenvalue weighted by Gasteiger charge is -2.09. The van der Waals surface area contributed by atoms with Crippen molar-refractivity contribution in [3.63, 3.8) is 0 Å². The van der Waals surface area contributed by atoms with Gasteiger partial charge in [-0.25, -0.2) is 0 Å². The van der Waals surface area contributed by atoms with Crippen molar-refractivity contribution in [2.45, 2.75) is 25.8 Å². The van der Waals surface area contributed by atoms with E-state index in [1.807, 2.05) is 6.92 Å². The number of rotatable bonds is 5. The monoisotopic (exact) mass is 160 g/mol. The Morgan fingerprint density at radius 1 is 1.55 bits per heavy atom. The summed E-state index contributed by atoms with van der Waals surface area (Å²) >= 11 is 0. The van der Waals surface area contributed by atoms with Crippen molar-refractivity contribution in [3.05, 3.63) is 0 Å². The van der Waals surface area contributed by atoms with Gasteiger partial charge in [-0.2, -0.15) is 0 Å². The van der Waals surface area contributed by atoms with E-state index in [0.717, 1.165) is 6.42 Å². The fraction of sp³-hybridized carbons (Fsp3) is 0.857. The molecule has 0 heterocycles. The zero-order chi connectivity index (χ0) is 8.85. The van der Waals surface area contributed by atoms with E-state index < -0.39 is 12.0 Å². The average molecular weight is 160 g/mol. The van der Waals surface area contributed by atoms with Gasteiger partial charge in [0, 0.05) is 0 Å². The van der Waals surface area contributed by atoms with Gasteiger partial charge in [0.05, 0.1) is 0 Å². The van der Waals surface area contributed by atoms with E-state index in [-0.39, 0.29) is 0 Å². The molecule has 4 heteroatoms. The van der Waals surface area contributed by atoms with Gasteiger partial charge in [0.1, 0.15) is 6.04 Å². The van der Waals surface area contributed by atoms with Gasteiger partial charge in [0.2, 0.25) is 0 Å². The molecule has 0 aliphatic heterocycles. The van der Waals surface area contributed by atoms with Crippen LogP contribution in [0.3, 0.4) is 0 Å². The Balaban J connectivity index is 3.45. The smallest absolute Gasteiger partial charge is 0.320 e. The first-order valence-corrected chi connectivity index (χ1v) is 3.76. The Bertz CT molecular complexity index is 128. The van der Waals surface area contributed by atoms with Crippen molar-refractivity contribution in [2.24, 2.45) is 17.4 Å². The molecule has 66 valence electrons. The summed E-state index contributed by atoms with van der Waals surface area (Å²) in [6.07, 6.45) is 1.29. The fourth-order valence-electron chi connectivity index (χ4n) is 0.705. The van der Waals surface area contributed by atoms with Crippen LogP contribution in [0, 0.1) is 5.92 Å². The van der Waals surface area contributed by atoms with Gasteiger partial charge < -0.3 is 16.6 Å². The van der Waals surface area contributed by atoms with E-state index in [0.29, 0.717) is 18.9 Å². The Kier molecular flexibility index (Phi) is 4.81. The largest absolute Gasteiger partial charge is 0.480 e. The van der Waals surface area contributed by atoms with Crippen LogP contribution in [0.25, 0.3) is 0 Å². The second-order valence-corrected chi connectivity index (χ2v) is 2.86. The quantitative estimate of drug-likeness (QED) is 0.518. The van der Waals surface area contributed by atoms with Gasteiger partial charge in [-0.1, -0.05) is 6.92 Å². The van der Waals surface area contributed by atoms with Crippen molar-refractivity contribution >= 4 is 5.97 Å². The van der Waals surface area contributed by atoms with Gasteiger partial charge in [-0.15, -0.1) is 0 Å². The number of carbonyl (C=O) groups is 1. The molecular weight excluding hydrogens is 144 g/mol. The molecule has 0 saturated carbocycles. The molecule has 2 unspecified atom stereocenters. The molecule has 0 bridgehead atoms. The molecule has 0 rings (SSSR count). The molecule has 0 aromatic heterocycles. The van der Waals surface area contributed by atoms with Gasteiger partial charge in [0.15, 0.2) is 0 Å². The van der Waals surface area contributed by atoms with Crippen molar-refractivity contribution in [3.8, 4) is 0 Å². The molecule has 0 aromatic rings. The highest BCUT2D eigenvalue weighted by Crippen LogP contribution is 2.04. The number of aliphatic carboxylic acids is 1. The second kappa shape index (κ2) is 5.09. The standard InChI is InChI=1S/C7H16N2O2/c1-5(4-8)2-3-6(9)7(10)11/h5-6H,2-4,8-9H2,1H3,(H,10,11). The average Bonchev–Trinajstić information content (AvgIpc) is 1.99. The Hall–Kier alpha value is -0.610. The lowest BCUT2D eigenvalue weighted by Crippen LogP contribution is -2.30. The number of nitrogens with two attached hydrogens (primary N) is 2. The summed E-state index contributed by atoms with van der Waals surface area (Å²) in [5, 5.41) is 8.41. The Morgan fingerprint density at radius 2 is 2.09 bits per heavy atom. The Morgan fingerprint density at radius 3 is 2.45 bits per heavy atom. The summed E-state index contributed by atoms with van der Waals surface area (Å²) in [6, 6.07) is -0.732. The summed E-state index contributed by atoms with van der Waals surface area (Å²) < 4.78 is 0. The van der Waals surface area contributed by atoms with Crippen LogP contribution in [-0.2, 0) is 4.79 Å².